The molecule has 0 atom stereocenters. The number of nitrogens with zero attached hydrogens (tertiary/aromatic N) is 1. The molecule has 0 aromatic carbocycles. The summed E-state index contributed by atoms with van der Waals surface area (Å²) < 4.78 is 5.17. The lowest BCUT2D eigenvalue weighted by Crippen LogP contribution is -2.25. The summed E-state index contributed by atoms with van der Waals surface area (Å²) in [5.41, 5.74) is -0.625. The third kappa shape index (κ3) is 3.18. The summed E-state index contributed by atoms with van der Waals surface area (Å²) in [6.45, 7) is 6.83. The molecule has 0 saturated heterocycles. The second kappa shape index (κ2) is 4.42. The van der Waals surface area contributed by atoms with Gasteiger partial charge in [-0.25, -0.2) is 4.79 Å². The van der Waals surface area contributed by atoms with E-state index in [2.05, 4.69) is 4.98 Å². The molecule has 1 N–H and O–H groups in total. The van der Waals surface area contributed by atoms with E-state index in [-0.39, 0.29) is 11.1 Å². The van der Waals surface area contributed by atoms with Crippen LogP contribution in [0.2, 0.25) is 0 Å². The van der Waals surface area contributed by atoms with Gasteiger partial charge in [0.1, 0.15) is 17.2 Å². The highest BCUT2D eigenvalue weighted by Gasteiger charge is 2.20. The highest BCUT2D eigenvalue weighted by Crippen LogP contribution is 2.13. The van der Waals surface area contributed by atoms with Crippen LogP contribution >= 0.6 is 0 Å². The molecule has 0 amide bonds. The molecule has 0 aliphatic heterocycles. The van der Waals surface area contributed by atoms with E-state index >= 15 is 0 Å². The van der Waals surface area contributed by atoms with Crippen LogP contribution in [0, 0.1) is 18.3 Å². The number of esters is 1. The summed E-state index contributed by atoms with van der Waals surface area (Å²) in [5, 5.41) is 8.73. The monoisotopic (exact) mass is 234 g/mol. The Hall–Kier alpha value is -2.09. The van der Waals surface area contributed by atoms with Crippen LogP contribution in [0.1, 0.15) is 42.4 Å². The summed E-state index contributed by atoms with van der Waals surface area (Å²) in [4.78, 5) is 25.6. The molecule has 90 valence electrons. The second-order valence-electron chi connectivity index (χ2n) is 4.66. The number of hydrogen-bond acceptors (Lipinski definition) is 4. The van der Waals surface area contributed by atoms with Gasteiger partial charge in [-0.1, -0.05) is 0 Å². The van der Waals surface area contributed by atoms with Gasteiger partial charge >= 0.3 is 5.97 Å². The summed E-state index contributed by atoms with van der Waals surface area (Å²) >= 11 is 0. The van der Waals surface area contributed by atoms with Gasteiger partial charge in [0.05, 0.1) is 5.56 Å². The fourth-order valence-corrected chi connectivity index (χ4v) is 1.25. The third-order valence-corrected chi connectivity index (χ3v) is 1.98. The van der Waals surface area contributed by atoms with Crippen LogP contribution in [0.25, 0.3) is 0 Å². The Kier molecular flexibility index (Phi) is 3.37. The smallest absolute Gasteiger partial charge is 0.340 e. The maximum absolute atomic E-state index is 11.8. The minimum absolute atomic E-state index is 0.101. The van der Waals surface area contributed by atoms with Crippen LogP contribution < -0.4 is 5.56 Å². The molecule has 0 aliphatic rings. The molecule has 5 nitrogen and oxygen atoms in total. The van der Waals surface area contributed by atoms with Gasteiger partial charge in [-0.15, -0.1) is 0 Å². The van der Waals surface area contributed by atoms with E-state index in [0.29, 0.717) is 5.69 Å². The van der Waals surface area contributed by atoms with Crippen molar-refractivity contribution in [3.63, 3.8) is 0 Å². The Morgan fingerprint density at radius 3 is 2.53 bits per heavy atom. The number of nitriles is 1. The number of carbonyl (C=O) groups excluding carboxylic acids is 1. The first-order valence-electron chi connectivity index (χ1n) is 5.12. The second-order valence-corrected chi connectivity index (χ2v) is 4.66. The van der Waals surface area contributed by atoms with E-state index in [9.17, 15) is 9.59 Å². The Labute approximate surface area is 99.0 Å². The molecule has 0 spiro atoms. The molecule has 1 aromatic rings. The average Bonchev–Trinajstić information content (AvgIpc) is 2.14. The third-order valence-electron chi connectivity index (χ3n) is 1.98. The zero-order chi connectivity index (χ0) is 13.2. The molecule has 1 heterocycles. The lowest BCUT2D eigenvalue weighted by Gasteiger charge is -2.20. The van der Waals surface area contributed by atoms with E-state index in [1.54, 1.807) is 33.8 Å². The van der Waals surface area contributed by atoms with Gasteiger partial charge in [-0.05, 0) is 33.8 Å². The van der Waals surface area contributed by atoms with Crippen molar-refractivity contribution >= 4 is 5.97 Å². The van der Waals surface area contributed by atoms with E-state index in [0.717, 1.165) is 0 Å². The van der Waals surface area contributed by atoms with Crippen LogP contribution in [-0.4, -0.2) is 16.6 Å². The molecule has 1 rings (SSSR count). The fourth-order valence-electron chi connectivity index (χ4n) is 1.25. The molecule has 0 unspecified atom stereocenters. The van der Waals surface area contributed by atoms with Crippen molar-refractivity contribution in [3.8, 4) is 6.07 Å². The van der Waals surface area contributed by atoms with Gasteiger partial charge in [0.2, 0.25) is 0 Å². The fraction of sp³-hybridized carbons (Fsp3) is 0.417. The maximum atomic E-state index is 11.8. The lowest BCUT2D eigenvalue weighted by molar-refractivity contribution is 0.00681. The van der Waals surface area contributed by atoms with Crippen molar-refractivity contribution in [2.24, 2.45) is 0 Å². The molecule has 17 heavy (non-hydrogen) atoms. The Bertz CT molecular complexity index is 544. The Morgan fingerprint density at radius 2 is 2.06 bits per heavy atom. The van der Waals surface area contributed by atoms with Crippen LogP contribution in [-0.2, 0) is 4.74 Å². The van der Waals surface area contributed by atoms with Crippen molar-refractivity contribution in [1.82, 2.24) is 4.98 Å². The number of rotatable bonds is 1. The summed E-state index contributed by atoms with van der Waals surface area (Å²) in [7, 11) is 0. The Balaban J connectivity index is 3.20. The van der Waals surface area contributed by atoms with Gasteiger partial charge in [0, 0.05) is 5.69 Å². The number of carbonyl (C=O) groups is 1. The minimum Gasteiger partial charge on any atom is -0.456 e. The highest BCUT2D eigenvalue weighted by atomic mass is 16.6. The van der Waals surface area contributed by atoms with Gasteiger partial charge in [-0.3, -0.25) is 4.79 Å². The van der Waals surface area contributed by atoms with E-state index < -0.39 is 17.1 Å². The molecule has 5 heteroatoms. The zero-order valence-electron chi connectivity index (χ0n) is 10.2. The molecular weight excluding hydrogens is 220 g/mol. The number of hydrogen-bond donors (Lipinski definition) is 1. The lowest BCUT2D eigenvalue weighted by atomic mass is 10.1. The number of nitrogens with one attached hydrogen (secondary N) is 1. The first-order valence-corrected chi connectivity index (χ1v) is 5.12. The number of H-pyrrole nitrogens is 1. The van der Waals surface area contributed by atoms with Crippen molar-refractivity contribution < 1.29 is 9.53 Å². The van der Waals surface area contributed by atoms with E-state index in [1.807, 2.05) is 0 Å². The molecule has 0 aliphatic carbocycles. The van der Waals surface area contributed by atoms with Crippen molar-refractivity contribution in [1.29, 1.82) is 5.26 Å². The first kappa shape index (κ1) is 13.0. The molecule has 0 bridgehead atoms. The molecule has 0 saturated carbocycles. The molecule has 0 radical (unpaired) electrons. The predicted octanol–water partition coefficient (Wildman–Crippen LogP) is 1.51. The molecule has 0 fully saturated rings. The van der Waals surface area contributed by atoms with Crippen molar-refractivity contribution in [2.75, 3.05) is 0 Å². The van der Waals surface area contributed by atoms with Crippen LogP contribution in [0.5, 0.6) is 0 Å². The number of aromatic nitrogens is 1. The quantitative estimate of drug-likeness (QED) is 0.746. The summed E-state index contributed by atoms with van der Waals surface area (Å²) in [6.07, 6.45) is 0. The molecule has 1 aromatic heterocycles. The summed E-state index contributed by atoms with van der Waals surface area (Å²) in [5.74, 6) is -0.553. The normalized spacial score (nSPS) is 10.8. The topological polar surface area (TPSA) is 83.0 Å². The minimum atomic E-state index is -0.619. The maximum Gasteiger partial charge on any atom is 0.340 e. The predicted molar refractivity (Wildman–Crippen MR) is 61.7 cm³/mol. The van der Waals surface area contributed by atoms with Crippen LogP contribution in [0.15, 0.2) is 10.9 Å². The number of aryl methyl sites for hydroxylation is 1. The van der Waals surface area contributed by atoms with E-state index in [4.69, 9.17) is 10.00 Å². The Morgan fingerprint density at radius 1 is 1.47 bits per heavy atom. The largest absolute Gasteiger partial charge is 0.456 e. The van der Waals surface area contributed by atoms with Crippen molar-refractivity contribution in [2.45, 2.75) is 33.3 Å². The van der Waals surface area contributed by atoms with Crippen LogP contribution in [0.4, 0.5) is 0 Å². The number of ether oxygens (including phenoxy) is 1. The van der Waals surface area contributed by atoms with Gasteiger partial charge < -0.3 is 9.72 Å². The van der Waals surface area contributed by atoms with Gasteiger partial charge in [-0.2, -0.15) is 5.26 Å². The highest BCUT2D eigenvalue weighted by molar-refractivity contribution is 5.91. The first-order chi connectivity index (χ1) is 7.74. The standard InChI is InChI=1S/C12H14N2O3/c1-7-9(11(16)17-12(2,3)4)5-8(6-13)10(15)14-7/h5H,1-4H3,(H,14,15). The zero-order valence-corrected chi connectivity index (χ0v) is 10.2. The van der Waals surface area contributed by atoms with E-state index in [1.165, 1.54) is 6.07 Å². The number of aromatic amines is 1. The average molecular weight is 234 g/mol. The molecular formula is C12H14N2O3. The van der Waals surface area contributed by atoms with Gasteiger partial charge in [0.15, 0.2) is 0 Å². The SMILES string of the molecule is Cc1[nH]c(=O)c(C#N)cc1C(=O)OC(C)(C)C. The van der Waals surface area contributed by atoms with Crippen LogP contribution in [0.3, 0.4) is 0 Å². The van der Waals surface area contributed by atoms with Gasteiger partial charge in [0.25, 0.3) is 5.56 Å². The number of pyridine rings is 1. The summed E-state index contributed by atoms with van der Waals surface area (Å²) in [6, 6.07) is 2.98. The van der Waals surface area contributed by atoms with Crippen molar-refractivity contribution in [3.05, 3.63) is 33.2 Å².